The molecular weight excluding hydrogens is 284 g/mol. The molecule has 7 nitrogen and oxygen atoms in total. The first-order valence-corrected chi connectivity index (χ1v) is 6.05. The van der Waals surface area contributed by atoms with Crippen molar-refractivity contribution in [2.75, 3.05) is 5.32 Å². The number of anilines is 1. The number of nitro benzene ring substituents is 1. The summed E-state index contributed by atoms with van der Waals surface area (Å²) in [6.07, 6.45) is 0. The molecule has 104 valence electrons. The van der Waals surface area contributed by atoms with Gasteiger partial charge in [-0.15, -0.1) is 0 Å². The van der Waals surface area contributed by atoms with E-state index in [1.54, 1.807) is 13.8 Å². The molecule has 1 heterocycles. The van der Waals surface area contributed by atoms with Crippen molar-refractivity contribution in [1.29, 1.82) is 0 Å². The summed E-state index contributed by atoms with van der Waals surface area (Å²) in [6.45, 7) is 3.48. The first-order valence-electron chi connectivity index (χ1n) is 5.67. The van der Waals surface area contributed by atoms with Crippen molar-refractivity contribution in [3.63, 3.8) is 0 Å². The first-order chi connectivity index (χ1) is 9.41. The number of benzene rings is 1. The number of rotatable bonds is 3. The van der Waals surface area contributed by atoms with Gasteiger partial charge in [0.2, 0.25) is 0 Å². The molecule has 0 saturated heterocycles. The second-order valence-corrected chi connectivity index (χ2v) is 4.54. The molecule has 20 heavy (non-hydrogen) atoms. The van der Waals surface area contributed by atoms with E-state index in [9.17, 15) is 14.9 Å². The topological polar surface area (TPSA) is 101 Å². The highest BCUT2D eigenvalue weighted by atomic mass is 35.5. The predicted molar refractivity (Wildman–Crippen MR) is 74.1 cm³/mol. The van der Waals surface area contributed by atoms with Crippen LogP contribution in [-0.4, -0.2) is 21.0 Å². The number of H-pyrrole nitrogens is 1. The number of hydrogen-bond acceptors (Lipinski definition) is 4. The Labute approximate surface area is 119 Å². The summed E-state index contributed by atoms with van der Waals surface area (Å²) in [5.74, 6) is -0.522. The van der Waals surface area contributed by atoms with E-state index in [0.717, 1.165) is 0 Å². The zero-order chi connectivity index (χ0) is 14.9. The molecule has 1 amide bonds. The molecule has 0 aliphatic heterocycles. The third kappa shape index (κ3) is 2.48. The van der Waals surface area contributed by atoms with Crippen molar-refractivity contribution in [1.82, 2.24) is 10.2 Å². The normalized spacial score (nSPS) is 10.3. The number of aromatic nitrogens is 2. The number of halogens is 1. The number of nitro groups is 1. The van der Waals surface area contributed by atoms with Crippen molar-refractivity contribution >= 4 is 28.9 Å². The van der Waals surface area contributed by atoms with E-state index in [2.05, 4.69) is 15.5 Å². The number of hydrogen-bond donors (Lipinski definition) is 2. The van der Waals surface area contributed by atoms with Crippen LogP contribution >= 0.6 is 11.6 Å². The third-order valence-electron chi connectivity index (χ3n) is 2.79. The molecule has 1 aromatic carbocycles. The SMILES string of the molecule is Cc1n[nH]c(C)c1NC(=O)c1cccc([N+](=O)[O-])c1Cl. The molecule has 8 heteroatoms. The summed E-state index contributed by atoms with van der Waals surface area (Å²) in [7, 11) is 0. The quantitative estimate of drug-likeness (QED) is 0.671. The van der Waals surface area contributed by atoms with Crippen LogP contribution in [0.3, 0.4) is 0 Å². The summed E-state index contributed by atoms with van der Waals surface area (Å²) in [6, 6.07) is 4.08. The molecule has 0 spiro atoms. The average molecular weight is 295 g/mol. The Morgan fingerprint density at radius 3 is 2.70 bits per heavy atom. The van der Waals surface area contributed by atoms with E-state index in [1.807, 2.05) is 0 Å². The Morgan fingerprint density at radius 1 is 1.45 bits per heavy atom. The van der Waals surface area contributed by atoms with Crippen LogP contribution in [0.1, 0.15) is 21.7 Å². The summed E-state index contributed by atoms with van der Waals surface area (Å²) in [5, 5.41) is 19.9. The molecular formula is C12H11ClN4O3. The van der Waals surface area contributed by atoms with Crippen LogP contribution < -0.4 is 5.32 Å². The highest BCUT2D eigenvalue weighted by Gasteiger charge is 2.21. The number of nitrogens with one attached hydrogen (secondary N) is 2. The highest BCUT2D eigenvalue weighted by molar-refractivity contribution is 6.36. The van der Waals surface area contributed by atoms with Crippen molar-refractivity contribution in [3.8, 4) is 0 Å². The molecule has 2 N–H and O–H groups in total. The molecule has 1 aromatic heterocycles. The minimum atomic E-state index is -0.631. The Bertz CT molecular complexity index is 677. The Morgan fingerprint density at radius 2 is 2.15 bits per heavy atom. The van der Waals surface area contributed by atoms with E-state index >= 15 is 0 Å². The standard InChI is InChI=1S/C12H11ClN4O3/c1-6-11(7(2)16-15-6)14-12(18)8-4-3-5-9(10(8)13)17(19)20/h3-5H,1-2H3,(H,14,18)(H,15,16). The molecule has 0 fully saturated rings. The van der Waals surface area contributed by atoms with Crippen LogP contribution in [0.4, 0.5) is 11.4 Å². The average Bonchev–Trinajstić information content (AvgIpc) is 2.70. The number of nitrogens with zero attached hydrogens (tertiary/aromatic N) is 2. The van der Waals surface area contributed by atoms with Gasteiger partial charge in [0.15, 0.2) is 0 Å². The van der Waals surface area contributed by atoms with E-state index in [1.165, 1.54) is 18.2 Å². The van der Waals surface area contributed by atoms with E-state index < -0.39 is 10.8 Å². The lowest BCUT2D eigenvalue weighted by molar-refractivity contribution is -0.384. The van der Waals surface area contributed by atoms with Crippen LogP contribution in [0.2, 0.25) is 5.02 Å². The zero-order valence-corrected chi connectivity index (χ0v) is 11.5. The molecule has 0 atom stereocenters. The molecule has 0 unspecified atom stereocenters. The largest absolute Gasteiger partial charge is 0.319 e. The van der Waals surface area contributed by atoms with Crippen molar-refractivity contribution < 1.29 is 9.72 Å². The van der Waals surface area contributed by atoms with E-state index in [-0.39, 0.29) is 16.3 Å². The summed E-state index contributed by atoms with van der Waals surface area (Å²) >= 11 is 5.89. The van der Waals surface area contributed by atoms with Crippen LogP contribution in [0.25, 0.3) is 0 Å². The van der Waals surface area contributed by atoms with Gasteiger partial charge in [0, 0.05) is 6.07 Å². The van der Waals surface area contributed by atoms with Gasteiger partial charge in [0.1, 0.15) is 5.02 Å². The van der Waals surface area contributed by atoms with Gasteiger partial charge < -0.3 is 5.32 Å². The minimum Gasteiger partial charge on any atom is -0.319 e. The van der Waals surface area contributed by atoms with Gasteiger partial charge in [0.25, 0.3) is 11.6 Å². The number of aromatic amines is 1. The number of carbonyl (C=O) groups excluding carboxylic acids is 1. The maximum absolute atomic E-state index is 12.2. The zero-order valence-electron chi connectivity index (χ0n) is 10.7. The van der Waals surface area contributed by atoms with Crippen molar-refractivity contribution in [2.45, 2.75) is 13.8 Å². The molecule has 0 aliphatic carbocycles. The third-order valence-corrected chi connectivity index (χ3v) is 3.18. The van der Waals surface area contributed by atoms with Gasteiger partial charge in [-0.3, -0.25) is 20.0 Å². The van der Waals surface area contributed by atoms with Crippen molar-refractivity contribution in [2.24, 2.45) is 0 Å². The van der Waals surface area contributed by atoms with Gasteiger partial charge in [-0.2, -0.15) is 5.10 Å². The molecule has 2 aromatic rings. The second kappa shape index (κ2) is 5.30. The van der Waals surface area contributed by atoms with Crippen molar-refractivity contribution in [3.05, 3.63) is 50.3 Å². The summed E-state index contributed by atoms with van der Waals surface area (Å²) in [4.78, 5) is 22.3. The molecule has 2 rings (SSSR count). The fraction of sp³-hybridized carbons (Fsp3) is 0.167. The summed E-state index contributed by atoms with van der Waals surface area (Å²) in [5.41, 5.74) is 1.59. The lowest BCUT2D eigenvalue weighted by atomic mass is 10.1. The molecule has 0 saturated carbocycles. The maximum Gasteiger partial charge on any atom is 0.288 e. The Hall–Kier alpha value is -2.41. The number of amides is 1. The maximum atomic E-state index is 12.2. The second-order valence-electron chi connectivity index (χ2n) is 4.16. The van der Waals surface area contributed by atoms with Gasteiger partial charge in [-0.05, 0) is 19.9 Å². The smallest absolute Gasteiger partial charge is 0.288 e. The molecule has 0 aliphatic rings. The van der Waals surface area contributed by atoms with Crippen LogP contribution in [0.15, 0.2) is 18.2 Å². The number of carbonyl (C=O) groups is 1. The number of aryl methyl sites for hydroxylation is 2. The lowest BCUT2D eigenvalue weighted by Gasteiger charge is -2.07. The van der Waals surface area contributed by atoms with Gasteiger partial charge in [0.05, 0.1) is 27.6 Å². The van der Waals surface area contributed by atoms with Gasteiger partial charge in [-0.1, -0.05) is 17.7 Å². The molecule has 0 bridgehead atoms. The van der Waals surface area contributed by atoms with Crippen LogP contribution in [-0.2, 0) is 0 Å². The Kier molecular flexibility index (Phi) is 3.71. The predicted octanol–water partition coefficient (Wildman–Crippen LogP) is 2.84. The highest BCUT2D eigenvalue weighted by Crippen LogP contribution is 2.28. The van der Waals surface area contributed by atoms with Gasteiger partial charge in [-0.25, -0.2) is 0 Å². The monoisotopic (exact) mass is 294 g/mol. The van der Waals surface area contributed by atoms with Gasteiger partial charge >= 0.3 is 0 Å². The van der Waals surface area contributed by atoms with E-state index in [4.69, 9.17) is 11.6 Å². The molecule has 0 radical (unpaired) electrons. The van der Waals surface area contributed by atoms with Crippen LogP contribution in [0, 0.1) is 24.0 Å². The first kappa shape index (κ1) is 14.0. The van der Waals surface area contributed by atoms with Crippen LogP contribution in [0.5, 0.6) is 0 Å². The van der Waals surface area contributed by atoms with E-state index in [0.29, 0.717) is 17.1 Å². The fourth-order valence-electron chi connectivity index (χ4n) is 1.75. The Balaban J connectivity index is 2.35. The lowest BCUT2D eigenvalue weighted by Crippen LogP contribution is -2.14. The minimum absolute atomic E-state index is 0.0425. The fourth-order valence-corrected chi connectivity index (χ4v) is 2.03. The summed E-state index contributed by atoms with van der Waals surface area (Å²) < 4.78 is 0.